The topological polar surface area (TPSA) is 42.0 Å². The van der Waals surface area contributed by atoms with Crippen molar-refractivity contribution in [3.8, 4) is 10.6 Å². The Hall–Kier alpha value is -2.98. The number of nitrogens with zero attached hydrogens (tertiary/aromatic N) is 1. The Kier molecular flexibility index (Phi) is 4.04. The van der Waals surface area contributed by atoms with Crippen molar-refractivity contribution in [3.05, 3.63) is 83.9 Å². The van der Waals surface area contributed by atoms with Crippen LogP contribution in [-0.4, -0.2) is 10.9 Å². The Morgan fingerprint density at radius 3 is 2.52 bits per heavy atom. The average Bonchev–Trinajstić information content (AvgIpc) is 3.06. The molecule has 25 heavy (non-hydrogen) atoms. The van der Waals surface area contributed by atoms with Crippen molar-refractivity contribution in [3.63, 3.8) is 0 Å². The highest BCUT2D eigenvalue weighted by molar-refractivity contribution is 7.21. The van der Waals surface area contributed by atoms with Crippen molar-refractivity contribution < 1.29 is 4.79 Å². The minimum Gasteiger partial charge on any atom is -0.322 e. The molecule has 122 valence electrons. The molecule has 4 aromatic rings. The van der Waals surface area contributed by atoms with Gasteiger partial charge >= 0.3 is 0 Å². The summed E-state index contributed by atoms with van der Waals surface area (Å²) in [6.45, 7) is 1.98. The molecule has 0 saturated heterocycles. The number of thiazole rings is 1. The minimum absolute atomic E-state index is 0.101. The first-order chi connectivity index (χ1) is 12.2. The van der Waals surface area contributed by atoms with Gasteiger partial charge in [0.2, 0.25) is 0 Å². The van der Waals surface area contributed by atoms with Crippen LogP contribution in [-0.2, 0) is 0 Å². The predicted molar refractivity (Wildman–Crippen MR) is 104 cm³/mol. The molecule has 3 aromatic carbocycles. The maximum Gasteiger partial charge on any atom is 0.255 e. The van der Waals surface area contributed by atoms with E-state index in [0.717, 1.165) is 27.3 Å². The smallest absolute Gasteiger partial charge is 0.255 e. The lowest BCUT2D eigenvalue weighted by Gasteiger charge is -2.06. The number of aryl methyl sites for hydroxylation is 1. The number of fused-ring (bicyclic) bond motifs is 1. The molecule has 1 amide bonds. The third kappa shape index (κ3) is 3.30. The van der Waals surface area contributed by atoms with Gasteiger partial charge in [-0.3, -0.25) is 4.79 Å². The number of nitrogens with one attached hydrogen (secondary N) is 1. The minimum atomic E-state index is -0.101. The molecule has 1 heterocycles. The highest BCUT2D eigenvalue weighted by Gasteiger charge is 2.08. The van der Waals surface area contributed by atoms with E-state index in [1.54, 1.807) is 11.3 Å². The Morgan fingerprint density at radius 2 is 1.76 bits per heavy atom. The van der Waals surface area contributed by atoms with Crippen molar-refractivity contribution in [2.24, 2.45) is 0 Å². The van der Waals surface area contributed by atoms with Crippen LogP contribution in [0.3, 0.4) is 0 Å². The van der Waals surface area contributed by atoms with Gasteiger partial charge in [-0.05, 0) is 55.5 Å². The summed E-state index contributed by atoms with van der Waals surface area (Å²) >= 11 is 1.67. The van der Waals surface area contributed by atoms with Crippen LogP contribution in [0.15, 0.2) is 72.8 Å². The summed E-state index contributed by atoms with van der Waals surface area (Å²) in [6.07, 6.45) is 0. The first-order valence-electron chi connectivity index (χ1n) is 8.03. The molecular weight excluding hydrogens is 328 g/mol. The molecule has 1 aromatic heterocycles. The monoisotopic (exact) mass is 344 g/mol. The number of aromatic nitrogens is 1. The fourth-order valence-electron chi connectivity index (χ4n) is 2.68. The number of hydrogen-bond donors (Lipinski definition) is 1. The second-order valence-electron chi connectivity index (χ2n) is 5.89. The lowest BCUT2D eigenvalue weighted by atomic mass is 10.1. The Labute approximate surface area is 150 Å². The number of amides is 1. The molecule has 4 rings (SSSR count). The fraction of sp³-hybridized carbons (Fsp3) is 0.0476. The van der Waals surface area contributed by atoms with E-state index in [9.17, 15) is 4.79 Å². The van der Waals surface area contributed by atoms with Gasteiger partial charge in [-0.25, -0.2) is 4.98 Å². The highest BCUT2D eigenvalue weighted by Crippen LogP contribution is 2.30. The molecule has 0 aliphatic heterocycles. The van der Waals surface area contributed by atoms with Gasteiger partial charge in [-0.1, -0.05) is 29.8 Å². The zero-order valence-corrected chi connectivity index (χ0v) is 14.5. The van der Waals surface area contributed by atoms with Gasteiger partial charge in [0.05, 0.1) is 10.2 Å². The molecule has 4 heteroatoms. The molecular formula is C21H16N2OS. The second-order valence-corrected chi connectivity index (χ2v) is 6.92. The van der Waals surface area contributed by atoms with E-state index >= 15 is 0 Å². The van der Waals surface area contributed by atoms with Crippen LogP contribution < -0.4 is 5.32 Å². The van der Waals surface area contributed by atoms with Crippen molar-refractivity contribution in [1.82, 2.24) is 4.98 Å². The van der Waals surface area contributed by atoms with E-state index in [-0.39, 0.29) is 5.91 Å². The van der Waals surface area contributed by atoms with Crippen LogP contribution >= 0.6 is 11.3 Å². The van der Waals surface area contributed by atoms with Gasteiger partial charge in [-0.15, -0.1) is 11.3 Å². The molecule has 0 fully saturated rings. The summed E-state index contributed by atoms with van der Waals surface area (Å²) in [5.41, 5.74) is 4.57. The molecule has 0 unspecified atom stereocenters. The van der Waals surface area contributed by atoms with Gasteiger partial charge in [0, 0.05) is 16.8 Å². The first-order valence-corrected chi connectivity index (χ1v) is 8.85. The summed E-state index contributed by atoms with van der Waals surface area (Å²) in [6, 6.07) is 23.5. The van der Waals surface area contributed by atoms with Gasteiger partial charge in [0.15, 0.2) is 0 Å². The molecule has 0 atom stereocenters. The van der Waals surface area contributed by atoms with Crippen LogP contribution in [0.5, 0.6) is 0 Å². The average molecular weight is 344 g/mol. The normalized spacial score (nSPS) is 10.8. The van der Waals surface area contributed by atoms with Gasteiger partial charge in [0.25, 0.3) is 5.91 Å². The summed E-state index contributed by atoms with van der Waals surface area (Å²) in [4.78, 5) is 17.0. The van der Waals surface area contributed by atoms with Crippen LogP contribution in [0.25, 0.3) is 20.8 Å². The third-order valence-corrected chi connectivity index (χ3v) is 5.05. The quantitative estimate of drug-likeness (QED) is 0.531. The number of benzene rings is 3. The van der Waals surface area contributed by atoms with Crippen molar-refractivity contribution in [2.45, 2.75) is 6.92 Å². The predicted octanol–water partition coefficient (Wildman–Crippen LogP) is 5.52. The van der Waals surface area contributed by atoms with E-state index in [0.29, 0.717) is 5.56 Å². The maximum absolute atomic E-state index is 12.3. The fourth-order valence-corrected chi connectivity index (χ4v) is 3.65. The summed E-state index contributed by atoms with van der Waals surface area (Å²) in [5.74, 6) is -0.101. The lowest BCUT2D eigenvalue weighted by Crippen LogP contribution is -2.11. The number of carbonyl (C=O) groups excluding carboxylic acids is 1. The highest BCUT2D eigenvalue weighted by atomic mass is 32.1. The van der Waals surface area contributed by atoms with E-state index in [1.807, 2.05) is 73.7 Å². The van der Waals surface area contributed by atoms with Crippen molar-refractivity contribution in [2.75, 3.05) is 5.32 Å². The van der Waals surface area contributed by atoms with Crippen LogP contribution in [0.2, 0.25) is 0 Å². The van der Waals surface area contributed by atoms with E-state index in [2.05, 4.69) is 16.4 Å². The first kappa shape index (κ1) is 15.5. The van der Waals surface area contributed by atoms with Crippen LogP contribution in [0, 0.1) is 6.92 Å². The van der Waals surface area contributed by atoms with E-state index in [1.165, 1.54) is 4.70 Å². The number of carbonyl (C=O) groups is 1. The Bertz CT molecular complexity index is 1020. The lowest BCUT2D eigenvalue weighted by molar-refractivity contribution is 0.102. The van der Waals surface area contributed by atoms with Gasteiger partial charge in [-0.2, -0.15) is 0 Å². The standard InChI is InChI=1S/C21H16N2OS/c1-14-5-4-6-16(13-14)20(24)22-17-11-9-15(10-12-17)21-23-18-7-2-3-8-19(18)25-21/h2-13H,1H3,(H,22,24). The number of anilines is 1. The molecule has 0 radical (unpaired) electrons. The number of para-hydroxylation sites is 1. The molecule has 0 aliphatic carbocycles. The SMILES string of the molecule is Cc1cccc(C(=O)Nc2ccc(-c3nc4ccccc4s3)cc2)c1. The zero-order valence-electron chi connectivity index (χ0n) is 13.7. The molecule has 3 nitrogen and oxygen atoms in total. The summed E-state index contributed by atoms with van der Waals surface area (Å²) in [7, 11) is 0. The summed E-state index contributed by atoms with van der Waals surface area (Å²) < 4.78 is 1.18. The van der Waals surface area contributed by atoms with Gasteiger partial charge < -0.3 is 5.32 Å². The Balaban J connectivity index is 1.54. The Morgan fingerprint density at radius 1 is 0.960 bits per heavy atom. The molecule has 0 aliphatic rings. The van der Waals surface area contributed by atoms with Crippen molar-refractivity contribution >= 4 is 33.1 Å². The number of hydrogen-bond acceptors (Lipinski definition) is 3. The molecule has 0 spiro atoms. The second kappa shape index (κ2) is 6.49. The van der Waals surface area contributed by atoms with Gasteiger partial charge in [0.1, 0.15) is 5.01 Å². The number of rotatable bonds is 3. The summed E-state index contributed by atoms with van der Waals surface area (Å²) in [5, 5.41) is 3.92. The van der Waals surface area contributed by atoms with E-state index < -0.39 is 0 Å². The molecule has 0 bridgehead atoms. The third-order valence-electron chi connectivity index (χ3n) is 3.96. The van der Waals surface area contributed by atoms with Crippen LogP contribution in [0.4, 0.5) is 5.69 Å². The van der Waals surface area contributed by atoms with Crippen molar-refractivity contribution in [1.29, 1.82) is 0 Å². The van der Waals surface area contributed by atoms with Crippen LogP contribution in [0.1, 0.15) is 15.9 Å². The molecule has 1 N–H and O–H groups in total. The zero-order chi connectivity index (χ0) is 17.2. The largest absolute Gasteiger partial charge is 0.322 e. The van der Waals surface area contributed by atoms with E-state index in [4.69, 9.17) is 0 Å². The maximum atomic E-state index is 12.3. The molecule has 0 saturated carbocycles.